The van der Waals surface area contributed by atoms with Crippen molar-refractivity contribution in [2.45, 2.75) is 19.4 Å². The molecule has 130 valence electrons. The second-order valence-corrected chi connectivity index (χ2v) is 5.64. The van der Waals surface area contributed by atoms with Crippen molar-refractivity contribution in [1.82, 2.24) is 5.32 Å². The van der Waals surface area contributed by atoms with Crippen molar-refractivity contribution in [3.8, 4) is 0 Å². The van der Waals surface area contributed by atoms with Gasteiger partial charge in [0.25, 0.3) is 0 Å². The van der Waals surface area contributed by atoms with Gasteiger partial charge in [0.1, 0.15) is 23.4 Å². The molecule has 0 spiro atoms. The van der Waals surface area contributed by atoms with Gasteiger partial charge in [0.05, 0.1) is 0 Å². The highest BCUT2D eigenvalue weighted by Crippen LogP contribution is 2.33. The maximum Gasteiger partial charge on any atom is 0.327 e. The minimum Gasteiger partial charge on any atom is -0.355 e. The molecule has 0 saturated heterocycles. The highest BCUT2D eigenvalue weighted by molar-refractivity contribution is 6.08. The zero-order valence-electron chi connectivity index (χ0n) is 13.6. The van der Waals surface area contributed by atoms with E-state index in [-0.39, 0.29) is 5.91 Å². The number of rotatable bonds is 3. The van der Waals surface area contributed by atoms with Crippen molar-refractivity contribution in [2.24, 2.45) is 0 Å². The lowest BCUT2D eigenvalue weighted by Gasteiger charge is -2.25. The Kier molecular flexibility index (Phi) is 4.65. The Morgan fingerprint density at radius 3 is 2.48 bits per heavy atom. The Morgan fingerprint density at radius 2 is 1.80 bits per heavy atom. The van der Waals surface area contributed by atoms with Crippen LogP contribution in [0.5, 0.6) is 0 Å². The lowest BCUT2D eigenvalue weighted by Crippen LogP contribution is -2.49. The first kappa shape index (κ1) is 16.9. The summed E-state index contributed by atoms with van der Waals surface area (Å²) in [5.41, 5.74) is 0.836. The molecule has 2 aromatic rings. The molecule has 1 aliphatic rings. The highest BCUT2D eigenvalue weighted by atomic mass is 19.1. The number of benzene rings is 2. The van der Waals surface area contributed by atoms with Gasteiger partial charge in [-0.25, -0.2) is 13.6 Å². The van der Waals surface area contributed by atoms with Crippen LogP contribution < -0.4 is 15.5 Å². The Morgan fingerprint density at radius 1 is 1.12 bits per heavy atom. The van der Waals surface area contributed by atoms with Crippen molar-refractivity contribution in [3.63, 3.8) is 0 Å². The van der Waals surface area contributed by atoms with Crippen LogP contribution in [0, 0.1) is 11.6 Å². The number of amides is 3. The molecular formula is C18H17F2N3O2. The maximum atomic E-state index is 13.8. The number of carbonyl (C=O) groups excluding carboxylic acids is 2. The topological polar surface area (TPSA) is 61.4 Å². The van der Waals surface area contributed by atoms with Crippen LogP contribution in [0.15, 0.2) is 42.5 Å². The van der Waals surface area contributed by atoms with E-state index in [1.165, 1.54) is 11.0 Å². The monoisotopic (exact) mass is 345 g/mol. The standard InChI is InChI=1S/C18H17F2N3O2/c1-2-21-17(24)15-10-11-6-3-4-9-14(11)23(15)18(25)22-16-12(19)7-5-8-13(16)20/h3-9,15H,2,10H2,1H3,(H,21,24)(H,22,25). The molecule has 7 heteroatoms. The quantitative estimate of drug-likeness (QED) is 0.898. The summed E-state index contributed by atoms with van der Waals surface area (Å²) in [6, 6.07) is 8.86. The Hall–Kier alpha value is -2.96. The predicted molar refractivity (Wildman–Crippen MR) is 90.5 cm³/mol. The molecule has 2 aromatic carbocycles. The average molecular weight is 345 g/mol. The number of hydrogen-bond donors (Lipinski definition) is 2. The zero-order chi connectivity index (χ0) is 18.0. The first-order valence-electron chi connectivity index (χ1n) is 7.92. The van der Waals surface area contributed by atoms with Gasteiger partial charge in [-0.15, -0.1) is 0 Å². The van der Waals surface area contributed by atoms with Gasteiger partial charge < -0.3 is 10.6 Å². The second-order valence-electron chi connectivity index (χ2n) is 5.64. The molecule has 1 unspecified atom stereocenters. The van der Waals surface area contributed by atoms with Crippen molar-refractivity contribution in [2.75, 3.05) is 16.8 Å². The first-order chi connectivity index (χ1) is 12.0. The zero-order valence-corrected chi connectivity index (χ0v) is 13.6. The van der Waals surface area contributed by atoms with E-state index in [1.807, 2.05) is 12.1 Å². The third-order valence-electron chi connectivity index (χ3n) is 4.04. The van der Waals surface area contributed by atoms with Crippen LogP contribution in [0.4, 0.5) is 25.0 Å². The van der Waals surface area contributed by atoms with Crippen molar-refractivity contribution in [3.05, 3.63) is 59.7 Å². The van der Waals surface area contributed by atoms with Gasteiger partial charge in [-0.1, -0.05) is 24.3 Å². The average Bonchev–Trinajstić information content (AvgIpc) is 2.98. The van der Waals surface area contributed by atoms with Crippen LogP contribution >= 0.6 is 0 Å². The summed E-state index contributed by atoms with van der Waals surface area (Å²) < 4.78 is 27.6. The molecule has 25 heavy (non-hydrogen) atoms. The van der Waals surface area contributed by atoms with Crippen LogP contribution in [-0.2, 0) is 11.2 Å². The van der Waals surface area contributed by atoms with Gasteiger partial charge in [0.2, 0.25) is 5.91 Å². The van der Waals surface area contributed by atoms with Gasteiger partial charge in [-0.3, -0.25) is 9.69 Å². The third-order valence-corrected chi connectivity index (χ3v) is 4.04. The molecule has 1 atom stereocenters. The van der Waals surface area contributed by atoms with E-state index in [9.17, 15) is 18.4 Å². The highest BCUT2D eigenvalue weighted by Gasteiger charge is 2.38. The molecular weight excluding hydrogens is 328 g/mol. The number of fused-ring (bicyclic) bond motifs is 1. The molecule has 0 bridgehead atoms. The summed E-state index contributed by atoms with van der Waals surface area (Å²) in [5, 5.41) is 4.93. The summed E-state index contributed by atoms with van der Waals surface area (Å²) in [5.74, 6) is -2.08. The number of anilines is 2. The van der Waals surface area contributed by atoms with Gasteiger partial charge in [-0.05, 0) is 30.7 Å². The largest absolute Gasteiger partial charge is 0.355 e. The number of urea groups is 1. The predicted octanol–water partition coefficient (Wildman–Crippen LogP) is 3.06. The van der Waals surface area contributed by atoms with Gasteiger partial charge in [0.15, 0.2) is 0 Å². The fourth-order valence-corrected chi connectivity index (χ4v) is 2.92. The SMILES string of the molecule is CCNC(=O)C1Cc2ccccc2N1C(=O)Nc1c(F)cccc1F. The molecule has 3 amide bonds. The number of halogens is 2. The van der Waals surface area contributed by atoms with E-state index < -0.39 is 29.4 Å². The fourth-order valence-electron chi connectivity index (χ4n) is 2.92. The maximum absolute atomic E-state index is 13.8. The van der Waals surface area contributed by atoms with Crippen LogP contribution in [0.2, 0.25) is 0 Å². The first-order valence-corrected chi connectivity index (χ1v) is 7.92. The van der Waals surface area contributed by atoms with E-state index in [0.29, 0.717) is 18.7 Å². The smallest absolute Gasteiger partial charge is 0.327 e. The molecule has 0 fully saturated rings. The third kappa shape index (κ3) is 3.17. The minimum atomic E-state index is -0.879. The number of carbonyl (C=O) groups is 2. The molecule has 2 N–H and O–H groups in total. The molecule has 0 aliphatic carbocycles. The van der Waals surface area contributed by atoms with Gasteiger partial charge >= 0.3 is 6.03 Å². The lowest BCUT2D eigenvalue weighted by molar-refractivity contribution is -0.122. The molecule has 3 rings (SSSR count). The number of hydrogen-bond acceptors (Lipinski definition) is 2. The minimum absolute atomic E-state index is 0.317. The Balaban J connectivity index is 1.93. The second kappa shape index (κ2) is 6.88. The fraction of sp³-hybridized carbons (Fsp3) is 0.222. The van der Waals surface area contributed by atoms with E-state index in [2.05, 4.69) is 10.6 Å². The van der Waals surface area contributed by atoms with Crippen molar-refractivity contribution in [1.29, 1.82) is 0 Å². The number of para-hydroxylation sites is 2. The molecule has 0 aromatic heterocycles. The summed E-state index contributed by atoms with van der Waals surface area (Å²) >= 11 is 0. The summed E-state index contributed by atoms with van der Waals surface area (Å²) in [4.78, 5) is 26.3. The van der Waals surface area contributed by atoms with Crippen LogP contribution in [0.3, 0.4) is 0 Å². The summed E-state index contributed by atoms with van der Waals surface area (Å²) in [6.07, 6.45) is 0.342. The van der Waals surface area contributed by atoms with E-state index in [0.717, 1.165) is 17.7 Å². The molecule has 0 saturated carbocycles. The van der Waals surface area contributed by atoms with E-state index in [1.54, 1.807) is 19.1 Å². The number of likely N-dealkylation sites (N-methyl/N-ethyl adjacent to an activating group) is 1. The van der Waals surface area contributed by atoms with Crippen molar-refractivity contribution < 1.29 is 18.4 Å². The molecule has 0 radical (unpaired) electrons. The van der Waals surface area contributed by atoms with Gasteiger partial charge in [0, 0.05) is 18.7 Å². The van der Waals surface area contributed by atoms with Gasteiger partial charge in [-0.2, -0.15) is 0 Å². The molecule has 1 heterocycles. The van der Waals surface area contributed by atoms with E-state index in [4.69, 9.17) is 0 Å². The summed E-state index contributed by atoms with van der Waals surface area (Å²) in [6.45, 7) is 2.20. The number of nitrogens with one attached hydrogen (secondary N) is 2. The molecule has 1 aliphatic heterocycles. The lowest BCUT2D eigenvalue weighted by atomic mass is 10.1. The Labute approximate surface area is 143 Å². The molecule has 5 nitrogen and oxygen atoms in total. The van der Waals surface area contributed by atoms with Crippen LogP contribution in [0.1, 0.15) is 12.5 Å². The normalized spacial score (nSPS) is 15.6. The van der Waals surface area contributed by atoms with E-state index >= 15 is 0 Å². The van der Waals surface area contributed by atoms with Crippen molar-refractivity contribution >= 4 is 23.3 Å². The van der Waals surface area contributed by atoms with Crippen LogP contribution in [0.25, 0.3) is 0 Å². The summed E-state index contributed by atoms with van der Waals surface area (Å²) in [7, 11) is 0. The van der Waals surface area contributed by atoms with Crippen LogP contribution in [-0.4, -0.2) is 24.5 Å². The number of nitrogens with zero attached hydrogens (tertiary/aromatic N) is 1. The Bertz CT molecular complexity index is 805.